The SMILES string of the molecule is Nc1ccc(COc2ccc(F)cc2Cl)cc1[N+](=O)[O-]. The van der Waals surface area contributed by atoms with Crippen molar-refractivity contribution < 1.29 is 14.1 Å². The van der Waals surface area contributed by atoms with Gasteiger partial charge in [0.05, 0.1) is 9.95 Å². The van der Waals surface area contributed by atoms with Crippen LogP contribution in [-0.2, 0) is 6.61 Å². The van der Waals surface area contributed by atoms with Gasteiger partial charge < -0.3 is 10.5 Å². The minimum absolute atomic E-state index is 0.0620. The van der Waals surface area contributed by atoms with Gasteiger partial charge in [-0.05, 0) is 29.8 Å². The molecule has 2 N–H and O–H groups in total. The van der Waals surface area contributed by atoms with E-state index in [0.29, 0.717) is 11.3 Å². The highest BCUT2D eigenvalue weighted by molar-refractivity contribution is 6.32. The Morgan fingerprint density at radius 1 is 1.30 bits per heavy atom. The van der Waals surface area contributed by atoms with Crippen LogP contribution in [0.1, 0.15) is 5.56 Å². The third-order valence-electron chi connectivity index (χ3n) is 2.58. The zero-order chi connectivity index (χ0) is 14.7. The molecule has 2 aromatic carbocycles. The van der Waals surface area contributed by atoms with Crippen LogP contribution in [0.4, 0.5) is 15.8 Å². The second-order valence-corrected chi connectivity index (χ2v) is 4.42. The first-order chi connectivity index (χ1) is 9.47. The molecular formula is C13H10ClFN2O3. The van der Waals surface area contributed by atoms with Gasteiger partial charge in [0.25, 0.3) is 5.69 Å². The van der Waals surface area contributed by atoms with E-state index in [-0.39, 0.29) is 23.0 Å². The smallest absolute Gasteiger partial charge is 0.292 e. The number of rotatable bonds is 4. The van der Waals surface area contributed by atoms with Gasteiger partial charge in [-0.1, -0.05) is 17.7 Å². The van der Waals surface area contributed by atoms with E-state index in [0.717, 1.165) is 6.07 Å². The molecule has 0 aromatic heterocycles. The Hall–Kier alpha value is -2.34. The van der Waals surface area contributed by atoms with Crippen molar-refractivity contribution in [3.05, 3.63) is 62.9 Å². The fraction of sp³-hybridized carbons (Fsp3) is 0.0769. The van der Waals surface area contributed by atoms with Crippen molar-refractivity contribution in [2.75, 3.05) is 5.73 Å². The molecule has 2 rings (SSSR count). The third-order valence-corrected chi connectivity index (χ3v) is 2.88. The molecule has 0 heterocycles. The normalized spacial score (nSPS) is 10.3. The summed E-state index contributed by atoms with van der Waals surface area (Å²) in [7, 11) is 0. The largest absolute Gasteiger partial charge is 0.487 e. The van der Waals surface area contributed by atoms with Gasteiger partial charge in [0.2, 0.25) is 0 Å². The lowest BCUT2D eigenvalue weighted by Gasteiger charge is -2.08. The average molecular weight is 297 g/mol. The lowest BCUT2D eigenvalue weighted by Crippen LogP contribution is -2.00. The van der Waals surface area contributed by atoms with Crippen LogP contribution in [0, 0.1) is 15.9 Å². The van der Waals surface area contributed by atoms with Crippen LogP contribution in [0.15, 0.2) is 36.4 Å². The number of nitro benzene ring substituents is 1. The minimum Gasteiger partial charge on any atom is -0.487 e. The van der Waals surface area contributed by atoms with E-state index in [1.165, 1.54) is 24.3 Å². The number of benzene rings is 2. The number of hydrogen-bond donors (Lipinski definition) is 1. The number of hydrogen-bond acceptors (Lipinski definition) is 4. The second kappa shape index (κ2) is 5.75. The number of halogens is 2. The highest BCUT2D eigenvalue weighted by atomic mass is 35.5. The summed E-state index contributed by atoms with van der Waals surface area (Å²) in [4.78, 5) is 10.2. The van der Waals surface area contributed by atoms with Gasteiger partial charge in [-0.25, -0.2) is 4.39 Å². The van der Waals surface area contributed by atoms with Gasteiger partial charge in [0, 0.05) is 6.07 Å². The number of nitrogens with two attached hydrogens (primary N) is 1. The van der Waals surface area contributed by atoms with Gasteiger partial charge in [-0.3, -0.25) is 10.1 Å². The average Bonchev–Trinajstić information content (AvgIpc) is 2.39. The summed E-state index contributed by atoms with van der Waals surface area (Å²) in [6, 6.07) is 8.11. The maximum Gasteiger partial charge on any atom is 0.292 e. The Morgan fingerprint density at radius 3 is 2.70 bits per heavy atom. The Morgan fingerprint density at radius 2 is 2.05 bits per heavy atom. The van der Waals surface area contributed by atoms with Gasteiger partial charge >= 0.3 is 0 Å². The van der Waals surface area contributed by atoms with E-state index in [4.69, 9.17) is 22.1 Å². The molecule has 0 spiro atoms. The van der Waals surface area contributed by atoms with Crippen LogP contribution >= 0.6 is 11.6 Å². The highest BCUT2D eigenvalue weighted by Gasteiger charge is 2.12. The molecule has 0 aliphatic heterocycles. The Kier molecular flexibility index (Phi) is 4.05. The molecule has 7 heteroatoms. The summed E-state index contributed by atoms with van der Waals surface area (Å²) in [5, 5.41) is 10.9. The Balaban J connectivity index is 2.15. The van der Waals surface area contributed by atoms with E-state index >= 15 is 0 Å². The zero-order valence-corrected chi connectivity index (χ0v) is 10.9. The van der Waals surface area contributed by atoms with Crippen LogP contribution in [0.25, 0.3) is 0 Å². The summed E-state index contributed by atoms with van der Waals surface area (Å²) in [5.74, 6) is -0.169. The topological polar surface area (TPSA) is 78.4 Å². The molecule has 0 aliphatic rings. The van der Waals surface area contributed by atoms with Crippen molar-refractivity contribution in [3.63, 3.8) is 0 Å². The molecule has 0 amide bonds. The number of anilines is 1. The summed E-state index contributed by atoms with van der Waals surface area (Å²) in [6.07, 6.45) is 0. The molecule has 0 radical (unpaired) electrons. The van der Waals surface area contributed by atoms with Gasteiger partial charge in [0.15, 0.2) is 0 Å². The Bertz CT molecular complexity index is 664. The maximum absolute atomic E-state index is 12.9. The summed E-state index contributed by atoms with van der Waals surface area (Å²) < 4.78 is 18.3. The molecule has 2 aromatic rings. The molecule has 0 atom stereocenters. The Labute approximate surface area is 118 Å². The molecule has 0 saturated carbocycles. The first kappa shape index (κ1) is 14.1. The van der Waals surface area contributed by atoms with E-state index in [9.17, 15) is 14.5 Å². The van der Waals surface area contributed by atoms with Crippen LogP contribution in [0.2, 0.25) is 5.02 Å². The first-order valence-corrected chi connectivity index (χ1v) is 5.96. The fourth-order valence-corrected chi connectivity index (χ4v) is 1.81. The number of nitrogens with zero attached hydrogens (tertiary/aromatic N) is 1. The predicted molar refractivity (Wildman–Crippen MR) is 73.3 cm³/mol. The molecule has 5 nitrogen and oxygen atoms in total. The monoisotopic (exact) mass is 296 g/mol. The maximum atomic E-state index is 12.9. The van der Waals surface area contributed by atoms with Crippen molar-refractivity contribution >= 4 is 23.0 Å². The van der Waals surface area contributed by atoms with E-state index in [1.54, 1.807) is 6.07 Å². The van der Waals surface area contributed by atoms with Crippen LogP contribution in [0.3, 0.4) is 0 Å². The molecule has 104 valence electrons. The second-order valence-electron chi connectivity index (χ2n) is 4.01. The van der Waals surface area contributed by atoms with E-state index < -0.39 is 10.7 Å². The standard InChI is InChI=1S/C13H10ClFN2O3/c14-10-6-9(15)2-4-13(10)20-7-8-1-3-11(16)12(5-8)17(18)19/h1-6H,7,16H2. The van der Waals surface area contributed by atoms with Crippen molar-refractivity contribution in [3.8, 4) is 5.75 Å². The third kappa shape index (κ3) is 3.16. The number of ether oxygens (including phenoxy) is 1. The van der Waals surface area contributed by atoms with Gasteiger partial charge in [-0.15, -0.1) is 0 Å². The van der Waals surface area contributed by atoms with Crippen LogP contribution in [0.5, 0.6) is 5.75 Å². The molecular weight excluding hydrogens is 287 g/mol. The lowest BCUT2D eigenvalue weighted by atomic mass is 10.2. The molecule has 0 aliphatic carbocycles. The molecule has 0 bridgehead atoms. The first-order valence-electron chi connectivity index (χ1n) is 5.58. The van der Waals surface area contributed by atoms with Gasteiger partial charge in [-0.2, -0.15) is 0 Å². The predicted octanol–water partition coefficient (Wildman–Crippen LogP) is 3.55. The van der Waals surface area contributed by atoms with E-state index in [2.05, 4.69) is 0 Å². The summed E-state index contributed by atoms with van der Waals surface area (Å²) in [5.41, 5.74) is 5.95. The highest BCUT2D eigenvalue weighted by Crippen LogP contribution is 2.27. The van der Waals surface area contributed by atoms with Crippen molar-refractivity contribution in [2.45, 2.75) is 6.61 Å². The van der Waals surface area contributed by atoms with Crippen LogP contribution in [-0.4, -0.2) is 4.92 Å². The number of nitrogen functional groups attached to an aromatic ring is 1. The lowest BCUT2D eigenvalue weighted by molar-refractivity contribution is -0.384. The summed E-state index contributed by atoms with van der Waals surface area (Å²) >= 11 is 5.81. The van der Waals surface area contributed by atoms with Crippen molar-refractivity contribution in [1.29, 1.82) is 0 Å². The van der Waals surface area contributed by atoms with Crippen LogP contribution < -0.4 is 10.5 Å². The summed E-state index contributed by atoms with van der Waals surface area (Å²) in [6.45, 7) is 0.0620. The molecule has 20 heavy (non-hydrogen) atoms. The van der Waals surface area contributed by atoms with Gasteiger partial charge in [0.1, 0.15) is 23.9 Å². The fourth-order valence-electron chi connectivity index (χ4n) is 1.59. The minimum atomic E-state index is -0.566. The number of nitro groups is 1. The van der Waals surface area contributed by atoms with E-state index in [1.807, 2.05) is 0 Å². The molecule has 0 fully saturated rings. The zero-order valence-electron chi connectivity index (χ0n) is 10.2. The quantitative estimate of drug-likeness (QED) is 0.531. The molecule has 0 unspecified atom stereocenters. The molecule has 0 saturated heterocycles. The van der Waals surface area contributed by atoms with Crippen molar-refractivity contribution in [1.82, 2.24) is 0 Å². The van der Waals surface area contributed by atoms with Crippen molar-refractivity contribution in [2.24, 2.45) is 0 Å².